The van der Waals surface area contributed by atoms with Crippen LogP contribution in [0.2, 0.25) is 0 Å². The van der Waals surface area contributed by atoms with Gasteiger partial charge in [-0.3, -0.25) is 14.0 Å². The van der Waals surface area contributed by atoms with Crippen LogP contribution in [0.1, 0.15) is 64.5 Å². The van der Waals surface area contributed by atoms with E-state index in [1.807, 2.05) is 24.3 Å². The van der Waals surface area contributed by atoms with Crippen LogP contribution in [-0.4, -0.2) is 26.1 Å². The summed E-state index contributed by atoms with van der Waals surface area (Å²) in [5.41, 5.74) is 2.01. The van der Waals surface area contributed by atoms with E-state index in [0.717, 1.165) is 23.5 Å². The fourth-order valence-electron chi connectivity index (χ4n) is 4.75. The number of furan rings is 1. The Bertz CT molecular complexity index is 1120. The highest BCUT2D eigenvalue weighted by molar-refractivity contribution is 5.83. The lowest BCUT2D eigenvalue weighted by Crippen LogP contribution is -2.43. The molecule has 0 radical (unpaired) electrons. The molecule has 7 nitrogen and oxygen atoms in total. The molecule has 3 aromatic heterocycles. The molecule has 4 rings (SSSR count). The topological polar surface area (TPSA) is 81.5 Å². The van der Waals surface area contributed by atoms with Gasteiger partial charge in [0.15, 0.2) is 5.58 Å². The van der Waals surface area contributed by atoms with E-state index in [2.05, 4.69) is 24.3 Å². The molecule has 0 unspecified atom stereocenters. The maximum atomic E-state index is 13.0. The van der Waals surface area contributed by atoms with Crippen LogP contribution in [0.25, 0.3) is 16.6 Å². The van der Waals surface area contributed by atoms with Crippen molar-refractivity contribution < 1.29 is 9.21 Å². The van der Waals surface area contributed by atoms with E-state index in [-0.39, 0.29) is 17.5 Å². The molecule has 1 N–H and O–H groups in total. The molecule has 30 heavy (non-hydrogen) atoms. The molecule has 0 saturated heterocycles. The largest absolute Gasteiger partial charge is 0.460 e. The Hall–Kier alpha value is -2.57. The average molecular weight is 413 g/mol. The van der Waals surface area contributed by atoms with Gasteiger partial charge in [-0.1, -0.05) is 33.6 Å². The summed E-state index contributed by atoms with van der Waals surface area (Å²) in [5, 5.41) is 7.79. The number of aryl methyl sites for hydroxylation is 3. The van der Waals surface area contributed by atoms with Crippen molar-refractivity contribution >= 4 is 22.5 Å². The van der Waals surface area contributed by atoms with E-state index in [4.69, 9.17) is 4.42 Å². The first-order valence-corrected chi connectivity index (χ1v) is 11.2. The minimum atomic E-state index is -0.147. The Morgan fingerprint density at radius 1 is 1.27 bits per heavy atom. The minimum Gasteiger partial charge on any atom is -0.460 e. The van der Waals surface area contributed by atoms with Gasteiger partial charge in [0.25, 0.3) is 5.56 Å². The minimum absolute atomic E-state index is 0.0708. The Kier molecular flexibility index (Phi) is 5.71. The molecule has 1 fully saturated rings. The first-order chi connectivity index (χ1) is 14.4. The van der Waals surface area contributed by atoms with Gasteiger partial charge in [0.2, 0.25) is 5.91 Å². The second-order valence-electron chi connectivity index (χ2n) is 8.81. The molecule has 1 amide bonds. The lowest BCUT2D eigenvalue weighted by atomic mass is 9.78. The molecule has 3 atom stereocenters. The number of hydrogen-bond donors (Lipinski definition) is 1. The summed E-state index contributed by atoms with van der Waals surface area (Å²) in [5.74, 6) is 2.86. The van der Waals surface area contributed by atoms with Gasteiger partial charge in [0, 0.05) is 37.6 Å². The Morgan fingerprint density at radius 2 is 2.07 bits per heavy atom. The van der Waals surface area contributed by atoms with Crippen molar-refractivity contribution in [3.63, 3.8) is 0 Å². The predicted molar refractivity (Wildman–Crippen MR) is 117 cm³/mol. The first kappa shape index (κ1) is 20.7. The number of hydrogen-bond acceptors (Lipinski definition) is 4. The molecule has 0 spiro atoms. The number of aromatic nitrogens is 3. The van der Waals surface area contributed by atoms with Crippen LogP contribution >= 0.6 is 0 Å². The molecule has 1 saturated carbocycles. The van der Waals surface area contributed by atoms with Crippen LogP contribution in [0.3, 0.4) is 0 Å². The number of nitrogens with zero attached hydrogens (tertiary/aromatic N) is 3. The van der Waals surface area contributed by atoms with E-state index in [0.29, 0.717) is 48.7 Å². The van der Waals surface area contributed by atoms with Crippen LogP contribution in [0.5, 0.6) is 0 Å². The standard InChI is InChI=1S/C23H32N4O3/c1-5-21-25-26(23(29)19-13-20-18(27(19)21)12-15(3)30-20)11-7-10-22(28)24-17-9-6-8-14(2)16(17)4/h12-14,16-17H,5-11H2,1-4H3,(H,24,28)/t14-,16-,17-/m1/s1. The Balaban J connectivity index is 1.46. The van der Waals surface area contributed by atoms with Crippen LogP contribution in [0.4, 0.5) is 0 Å². The monoisotopic (exact) mass is 412 g/mol. The number of nitrogens with one attached hydrogen (secondary N) is 1. The summed E-state index contributed by atoms with van der Waals surface area (Å²) in [4.78, 5) is 25.4. The molecule has 1 aliphatic rings. The molecule has 0 bridgehead atoms. The normalized spacial score (nSPS) is 22.1. The molecule has 7 heteroatoms. The lowest BCUT2D eigenvalue weighted by Gasteiger charge is -2.34. The Labute approximate surface area is 176 Å². The summed E-state index contributed by atoms with van der Waals surface area (Å²) in [6.07, 6.45) is 5.17. The number of carbonyl (C=O) groups excluding carboxylic acids is 1. The van der Waals surface area contributed by atoms with Gasteiger partial charge in [-0.05, 0) is 31.6 Å². The summed E-state index contributed by atoms with van der Waals surface area (Å²) in [7, 11) is 0. The number of amides is 1. The van der Waals surface area contributed by atoms with Gasteiger partial charge < -0.3 is 9.73 Å². The van der Waals surface area contributed by atoms with E-state index in [1.54, 1.807) is 6.07 Å². The van der Waals surface area contributed by atoms with Crippen LogP contribution in [0.15, 0.2) is 21.3 Å². The second-order valence-corrected chi connectivity index (χ2v) is 8.81. The van der Waals surface area contributed by atoms with Crippen molar-refractivity contribution in [1.29, 1.82) is 0 Å². The van der Waals surface area contributed by atoms with Crippen molar-refractivity contribution in [1.82, 2.24) is 19.5 Å². The van der Waals surface area contributed by atoms with Crippen LogP contribution in [0, 0.1) is 18.8 Å². The number of fused-ring (bicyclic) bond motifs is 3. The zero-order valence-corrected chi connectivity index (χ0v) is 18.4. The smallest absolute Gasteiger partial charge is 0.291 e. The van der Waals surface area contributed by atoms with Gasteiger partial charge in [-0.2, -0.15) is 5.10 Å². The quantitative estimate of drug-likeness (QED) is 0.667. The van der Waals surface area contributed by atoms with Gasteiger partial charge in [-0.25, -0.2) is 4.68 Å². The van der Waals surface area contributed by atoms with Crippen molar-refractivity contribution in [2.24, 2.45) is 11.8 Å². The van der Waals surface area contributed by atoms with Crippen LogP contribution in [-0.2, 0) is 17.8 Å². The van der Waals surface area contributed by atoms with Crippen molar-refractivity contribution in [3.05, 3.63) is 34.1 Å². The zero-order chi connectivity index (χ0) is 21.4. The van der Waals surface area contributed by atoms with Crippen molar-refractivity contribution in [2.75, 3.05) is 0 Å². The highest BCUT2D eigenvalue weighted by Crippen LogP contribution is 2.29. The van der Waals surface area contributed by atoms with Crippen molar-refractivity contribution in [2.45, 2.75) is 78.8 Å². The Morgan fingerprint density at radius 3 is 2.83 bits per heavy atom. The van der Waals surface area contributed by atoms with Crippen molar-refractivity contribution in [3.8, 4) is 0 Å². The molecule has 3 aromatic rings. The molecule has 3 heterocycles. The molecule has 1 aliphatic carbocycles. The van der Waals surface area contributed by atoms with E-state index < -0.39 is 0 Å². The predicted octanol–water partition coefficient (Wildman–Crippen LogP) is 3.83. The summed E-state index contributed by atoms with van der Waals surface area (Å²) < 4.78 is 9.09. The maximum Gasteiger partial charge on any atom is 0.291 e. The number of carbonyl (C=O) groups is 1. The van der Waals surface area contributed by atoms with Crippen LogP contribution < -0.4 is 10.9 Å². The lowest BCUT2D eigenvalue weighted by molar-refractivity contribution is -0.122. The van der Waals surface area contributed by atoms with Gasteiger partial charge in [0.05, 0.1) is 5.52 Å². The fourth-order valence-corrected chi connectivity index (χ4v) is 4.75. The first-order valence-electron chi connectivity index (χ1n) is 11.2. The van der Waals surface area contributed by atoms with Gasteiger partial charge in [0.1, 0.15) is 17.1 Å². The summed E-state index contributed by atoms with van der Waals surface area (Å²) in [6, 6.07) is 4.00. The highest BCUT2D eigenvalue weighted by atomic mass is 16.3. The zero-order valence-electron chi connectivity index (χ0n) is 18.4. The third-order valence-electron chi connectivity index (χ3n) is 6.70. The third-order valence-corrected chi connectivity index (χ3v) is 6.70. The van der Waals surface area contributed by atoms with E-state index in [9.17, 15) is 9.59 Å². The fraction of sp³-hybridized carbons (Fsp3) is 0.609. The van der Waals surface area contributed by atoms with E-state index in [1.165, 1.54) is 17.5 Å². The third kappa shape index (κ3) is 3.77. The van der Waals surface area contributed by atoms with E-state index >= 15 is 0 Å². The second kappa shape index (κ2) is 8.28. The molecular formula is C23H32N4O3. The molecular weight excluding hydrogens is 380 g/mol. The molecule has 162 valence electrons. The SMILES string of the molecule is CCc1nn(CCCC(=O)N[C@@H]2CCC[C@@H](C)[C@H]2C)c(=O)c2cc3oc(C)cc3n12. The molecule has 0 aromatic carbocycles. The summed E-state index contributed by atoms with van der Waals surface area (Å²) >= 11 is 0. The number of rotatable bonds is 6. The maximum absolute atomic E-state index is 13.0. The van der Waals surface area contributed by atoms with Gasteiger partial charge >= 0.3 is 0 Å². The van der Waals surface area contributed by atoms with Gasteiger partial charge in [-0.15, -0.1) is 0 Å². The summed E-state index contributed by atoms with van der Waals surface area (Å²) in [6.45, 7) is 8.84. The highest BCUT2D eigenvalue weighted by Gasteiger charge is 2.28. The average Bonchev–Trinajstić information content (AvgIpc) is 3.24. The molecule has 0 aliphatic heterocycles.